The molecular weight excluding hydrogens is 164 g/mol. The van der Waals surface area contributed by atoms with Crippen LogP contribution in [0, 0.1) is 5.92 Å². The fourth-order valence-electron chi connectivity index (χ4n) is 1.51. The summed E-state index contributed by atoms with van der Waals surface area (Å²) in [4.78, 5) is 5.10. The summed E-state index contributed by atoms with van der Waals surface area (Å²) in [7, 11) is 2.00. The van der Waals surface area contributed by atoms with Crippen molar-refractivity contribution in [3.63, 3.8) is 0 Å². The molecule has 1 heterocycles. The number of hydrogen-bond donors (Lipinski definition) is 2. The molecule has 13 heavy (non-hydrogen) atoms. The summed E-state index contributed by atoms with van der Waals surface area (Å²) in [6.45, 7) is 4.42. The van der Waals surface area contributed by atoms with Crippen LogP contribution in [0.3, 0.4) is 0 Å². The summed E-state index contributed by atoms with van der Waals surface area (Å²) < 4.78 is 0. The lowest BCUT2D eigenvalue weighted by atomic mass is 10.0. The third-order valence-electron chi connectivity index (χ3n) is 2.44. The lowest BCUT2D eigenvalue weighted by Crippen LogP contribution is -2.38. The van der Waals surface area contributed by atoms with Gasteiger partial charge < -0.3 is 15.0 Å². The third-order valence-corrected chi connectivity index (χ3v) is 2.44. The van der Waals surface area contributed by atoms with Crippen molar-refractivity contribution in [3.05, 3.63) is 18.5 Å². The van der Waals surface area contributed by atoms with E-state index in [1.165, 1.54) is 0 Å². The molecule has 0 radical (unpaired) electrons. The van der Waals surface area contributed by atoms with E-state index in [4.69, 9.17) is 0 Å². The number of nitrogens with zero attached hydrogens (tertiary/aromatic N) is 1. The molecule has 0 bridgehead atoms. The fraction of sp³-hybridized carbons (Fsp3) is 0.600. The van der Waals surface area contributed by atoms with E-state index in [9.17, 15) is 5.11 Å². The zero-order valence-electron chi connectivity index (χ0n) is 8.49. The second-order valence-corrected chi connectivity index (χ2v) is 3.67. The molecule has 74 valence electrons. The molecule has 1 aromatic heterocycles. The Morgan fingerprint density at radius 2 is 2.23 bits per heavy atom. The van der Waals surface area contributed by atoms with Crippen LogP contribution in [0.15, 0.2) is 18.5 Å². The number of aliphatic hydroxyl groups is 1. The normalized spacial score (nSPS) is 13.3. The van der Waals surface area contributed by atoms with Crippen LogP contribution in [-0.4, -0.2) is 29.8 Å². The number of aromatic nitrogens is 1. The van der Waals surface area contributed by atoms with Crippen molar-refractivity contribution in [2.45, 2.75) is 19.9 Å². The Labute approximate surface area is 79.4 Å². The predicted molar refractivity (Wildman–Crippen MR) is 54.9 cm³/mol. The first kappa shape index (κ1) is 10.1. The van der Waals surface area contributed by atoms with Gasteiger partial charge >= 0.3 is 0 Å². The molecule has 1 rings (SSSR count). The first-order valence-corrected chi connectivity index (χ1v) is 4.63. The second-order valence-electron chi connectivity index (χ2n) is 3.67. The van der Waals surface area contributed by atoms with Crippen LogP contribution >= 0.6 is 0 Å². The number of aromatic amines is 1. The molecule has 3 heteroatoms. The summed E-state index contributed by atoms with van der Waals surface area (Å²) in [6.07, 6.45) is 3.83. The molecule has 3 nitrogen and oxygen atoms in total. The number of anilines is 1. The van der Waals surface area contributed by atoms with Gasteiger partial charge in [-0.25, -0.2) is 0 Å². The van der Waals surface area contributed by atoms with Crippen LogP contribution in [0.5, 0.6) is 0 Å². The van der Waals surface area contributed by atoms with E-state index < -0.39 is 0 Å². The Morgan fingerprint density at radius 3 is 2.62 bits per heavy atom. The first-order chi connectivity index (χ1) is 6.16. The standard InChI is InChI=1S/C10H18N2O/c1-8(2)10(7-13)12(3)9-4-5-11-6-9/h4-6,8,10-11,13H,7H2,1-3H3. The van der Waals surface area contributed by atoms with Crippen molar-refractivity contribution in [1.82, 2.24) is 4.98 Å². The number of rotatable bonds is 4. The van der Waals surface area contributed by atoms with Crippen LogP contribution in [0.1, 0.15) is 13.8 Å². The molecule has 0 aliphatic heterocycles. The highest BCUT2D eigenvalue weighted by Crippen LogP contribution is 2.17. The van der Waals surface area contributed by atoms with Crippen LogP contribution in [0.4, 0.5) is 5.69 Å². The van der Waals surface area contributed by atoms with Gasteiger partial charge in [0.25, 0.3) is 0 Å². The van der Waals surface area contributed by atoms with Gasteiger partial charge in [0.1, 0.15) is 0 Å². The monoisotopic (exact) mass is 182 g/mol. The van der Waals surface area contributed by atoms with Gasteiger partial charge in [0, 0.05) is 19.4 Å². The van der Waals surface area contributed by atoms with E-state index in [1.54, 1.807) is 0 Å². The molecule has 0 aromatic carbocycles. The van der Waals surface area contributed by atoms with Gasteiger partial charge in [-0.15, -0.1) is 0 Å². The maximum atomic E-state index is 9.21. The number of H-pyrrole nitrogens is 1. The number of aliphatic hydroxyl groups excluding tert-OH is 1. The average molecular weight is 182 g/mol. The van der Waals surface area contributed by atoms with Crippen LogP contribution < -0.4 is 4.90 Å². The van der Waals surface area contributed by atoms with Gasteiger partial charge in [-0.3, -0.25) is 0 Å². The van der Waals surface area contributed by atoms with E-state index in [0.29, 0.717) is 5.92 Å². The molecule has 0 spiro atoms. The van der Waals surface area contributed by atoms with Crippen molar-refractivity contribution < 1.29 is 5.11 Å². The topological polar surface area (TPSA) is 39.3 Å². The zero-order chi connectivity index (χ0) is 9.84. The van der Waals surface area contributed by atoms with E-state index in [2.05, 4.69) is 23.7 Å². The molecule has 1 aromatic rings. The lowest BCUT2D eigenvalue weighted by molar-refractivity contribution is 0.234. The molecular formula is C10H18N2O. The van der Waals surface area contributed by atoms with Crippen molar-refractivity contribution in [3.8, 4) is 0 Å². The Balaban J connectivity index is 2.70. The Morgan fingerprint density at radius 1 is 1.54 bits per heavy atom. The quantitative estimate of drug-likeness (QED) is 0.740. The van der Waals surface area contributed by atoms with Crippen molar-refractivity contribution in [1.29, 1.82) is 0 Å². The van der Waals surface area contributed by atoms with Gasteiger partial charge in [-0.1, -0.05) is 13.8 Å². The summed E-state index contributed by atoms with van der Waals surface area (Å²) in [5.74, 6) is 0.449. The van der Waals surface area contributed by atoms with Crippen LogP contribution in [0.25, 0.3) is 0 Å². The molecule has 0 saturated heterocycles. The molecule has 1 unspecified atom stereocenters. The van der Waals surface area contributed by atoms with Gasteiger partial charge in [-0.05, 0) is 12.0 Å². The summed E-state index contributed by atoms with van der Waals surface area (Å²) in [5.41, 5.74) is 1.12. The van der Waals surface area contributed by atoms with Crippen molar-refractivity contribution in [2.75, 3.05) is 18.6 Å². The fourth-order valence-corrected chi connectivity index (χ4v) is 1.51. The highest BCUT2D eigenvalue weighted by atomic mass is 16.3. The summed E-state index contributed by atoms with van der Waals surface area (Å²) in [5, 5.41) is 9.21. The molecule has 0 fully saturated rings. The third kappa shape index (κ3) is 2.25. The summed E-state index contributed by atoms with van der Waals surface area (Å²) in [6, 6.07) is 2.20. The van der Waals surface area contributed by atoms with E-state index >= 15 is 0 Å². The molecule has 2 N–H and O–H groups in total. The summed E-state index contributed by atoms with van der Waals surface area (Å²) >= 11 is 0. The zero-order valence-corrected chi connectivity index (χ0v) is 8.49. The van der Waals surface area contributed by atoms with Crippen molar-refractivity contribution in [2.24, 2.45) is 5.92 Å². The number of hydrogen-bond acceptors (Lipinski definition) is 2. The molecule has 0 aliphatic rings. The number of nitrogens with one attached hydrogen (secondary N) is 1. The Kier molecular flexibility index (Phi) is 3.37. The molecule has 1 atom stereocenters. The minimum Gasteiger partial charge on any atom is -0.394 e. The van der Waals surface area contributed by atoms with Crippen LogP contribution in [-0.2, 0) is 0 Å². The minimum absolute atomic E-state index is 0.191. The maximum absolute atomic E-state index is 9.21. The van der Waals surface area contributed by atoms with E-state index in [0.717, 1.165) is 5.69 Å². The van der Waals surface area contributed by atoms with Gasteiger partial charge in [0.2, 0.25) is 0 Å². The first-order valence-electron chi connectivity index (χ1n) is 4.63. The maximum Gasteiger partial charge on any atom is 0.0637 e. The molecule has 0 amide bonds. The van der Waals surface area contributed by atoms with Crippen LogP contribution in [0.2, 0.25) is 0 Å². The van der Waals surface area contributed by atoms with Gasteiger partial charge in [0.15, 0.2) is 0 Å². The van der Waals surface area contributed by atoms with E-state index in [1.807, 2.05) is 25.5 Å². The molecule has 0 aliphatic carbocycles. The minimum atomic E-state index is 0.191. The highest BCUT2D eigenvalue weighted by molar-refractivity contribution is 5.44. The SMILES string of the molecule is CC(C)C(CO)N(C)c1cc[nH]c1. The predicted octanol–water partition coefficient (Wildman–Crippen LogP) is 1.47. The number of likely N-dealkylation sites (N-methyl/N-ethyl adjacent to an activating group) is 1. The molecule has 0 saturated carbocycles. The lowest BCUT2D eigenvalue weighted by Gasteiger charge is -2.30. The largest absolute Gasteiger partial charge is 0.394 e. The van der Waals surface area contributed by atoms with Crippen molar-refractivity contribution >= 4 is 5.69 Å². The van der Waals surface area contributed by atoms with E-state index in [-0.39, 0.29) is 12.6 Å². The Hall–Kier alpha value is -0.960. The smallest absolute Gasteiger partial charge is 0.0637 e. The highest BCUT2D eigenvalue weighted by Gasteiger charge is 2.17. The second kappa shape index (κ2) is 4.33. The van der Waals surface area contributed by atoms with Gasteiger partial charge in [-0.2, -0.15) is 0 Å². The average Bonchev–Trinajstić information content (AvgIpc) is 2.56. The Bertz CT molecular complexity index is 231. The van der Waals surface area contributed by atoms with Gasteiger partial charge in [0.05, 0.1) is 18.3 Å².